The summed E-state index contributed by atoms with van der Waals surface area (Å²) in [5, 5.41) is 0. The van der Waals surface area contributed by atoms with Crippen LogP contribution in [0.4, 0.5) is 0 Å². The van der Waals surface area contributed by atoms with E-state index in [1.165, 1.54) is 18.5 Å². The molecule has 1 nitrogen and oxygen atoms in total. The highest BCUT2D eigenvalue weighted by atomic mass is 14.7. The first-order chi connectivity index (χ1) is 5.86. The predicted octanol–water partition coefficient (Wildman–Crippen LogP) is 3.06. The van der Waals surface area contributed by atoms with Crippen molar-refractivity contribution < 1.29 is 0 Å². The number of hydrogen-bond acceptors (Lipinski definition) is 1. The van der Waals surface area contributed by atoms with Crippen LogP contribution in [0.2, 0.25) is 0 Å². The average molecular weight is 163 g/mol. The van der Waals surface area contributed by atoms with E-state index in [2.05, 4.69) is 31.0 Å². The maximum absolute atomic E-state index is 4.31. The van der Waals surface area contributed by atoms with Gasteiger partial charge in [0, 0.05) is 11.9 Å². The van der Waals surface area contributed by atoms with Crippen LogP contribution in [-0.4, -0.2) is 4.98 Å². The van der Waals surface area contributed by atoms with Crippen molar-refractivity contribution >= 4 is 0 Å². The number of rotatable bonds is 4. The lowest BCUT2D eigenvalue weighted by Crippen LogP contribution is -2.02. The average Bonchev–Trinajstić information content (AvgIpc) is 2.16. The van der Waals surface area contributed by atoms with Crippen molar-refractivity contribution in [1.82, 2.24) is 4.98 Å². The molecule has 0 spiro atoms. The lowest BCUT2D eigenvalue weighted by atomic mass is 9.97. The lowest BCUT2D eigenvalue weighted by molar-refractivity contribution is 0.485. The Morgan fingerprint density at radius 1 is 1.25 bits per heavy atom. The Morgan fingerprint density at radius 2 is 2.00 bits per heavy atom. The maximum Gasteiger partial charge on any atom is 0.0406 e. The standard InChI is InChI=1S/C11H17N/c1-3-10(4-2)9-11-7-5-6-8-12-11/h5-8,10H,3-4,9H2,1-2H3. The second kappa shape index (κ2) is 4.91. The second-order valence-electron chi connectivity index (χ2n) is 3.21. The molecule has 0 atom stereocenters. The zero-order chi connectivity index (χ0) is 8.81. The van der Waals surface area contributed by atoms with Crippen LogP contribution >= 0.6 is 0 Å². The van der Waals surface area contributed by atoms with E-state index in [4.69, 9.17) is 0 Å². The van der Waals surface area contributed by atoms with E-state index in [0.29, 0.717) is 0 Å². The number of aromatic nitrogens is 1. The van der Waals surface area contributed by atoms with E-state index in [9.17, 15) is 0 Å². The highest BCUT2D eigenvalue weighted by Gasteiger charge is 2.04. The molecule has 0 radical (unpaired) electrons. The minimum atomic E-state index is 0.805. The maximum atomic E-state index is 4.31. The number of hydrogen-bond donors (Lipinski definition) is 0. The first-order valence-electron chi connectivity index (χ1n) is 4.76. The molecule has 0 unspecified atom stereocenters. The molecule has 66 valence electrons. The summed E-state index contributed by atoms with van der Waals surface area (Å²) in [4.78, 5) is 4.31. The Morgan fingerprint density at radius 3 is 2.50 bits per heavy atom. The van der Waals surface area contributed by atoms with E-state index in [1.807, 2.05) is 12.3 Å². The third-order valence-electron chi connectivity index (χ3n) is 2.38. The van der Waals surface area contributed by atoms with Gasteiger partial charge in [-0.1, -0.05) is 32.8 Å². The monoisotopic (exact) mass is 163 g/mol. The van der Waals surface area contributed by atoms with Crippen molar-refractivity contribution in [3.05, 3.63) is 30.1 Å². The van der Waals surface area contributed by atoms with Gasteiger partial charge in [-0.15, -0.1) is 0 Å². The van der Waals surface area contributed by atoms with Gasteiger partial charge >= 0.3 is 0 Å². The van der Waals surface area contributed by atoms with Gasteiger partial charge in [0.2, 0.25) is 0 Å². The SMILES string of the molecule is CCC(CC)Cc1ccccn1. The molecule has 1 heteroatoms. The lowest BCUT2D eigenvalue weighted by Gasteiger charge is -2.10. The van der Waals surface area contributed by atoms with Crippen LogP contribution in [0.3, 0.4) is 0 Å². The Labute approximate surface area is 74.8 Å². The molecule has 0 aromatic carbocycles. The quantitative estimate of drug-likeness (QED) is 0.664. The van der Waals surface area contributed by atoms with E-state index in [1.54, 1.807) is 0 Å². The summed E-state index contributed by atoms with van der Waals surface area (Å²) in [5.74, 6) is 0.805. The summed E-state index contributed by atoms with van der Waals surface area (Å²) in [7, 11) is 0. The minimum Gasteiger partial charge on any atom is -0.261 e. The number of nitrogens with zero attached hydrogens (tertiary/aromatic N) is 1. The Kier molecular flexibility index (Phi) is 3.78. The van der Waals surface area contributed by atoms with Crippen LogP contribution in [0, 0.1) is 5.92 Å². The van der Waals surface area contributed by atoms with E-state index < -0.39 is 0 Å². The fourth-order valence-electron chi connectivity index (χ4n) is 1.39. The Balaban J connectivity index is 2.51. The third kappa shape index (κ3) is 2.65. The molecule has 0 fully saturated rings. The molecule has 1 aromatic rings. The summed E-state index contributed by atoms with van der Waals surface area (Å²) in [6.07, 6.45) is 5.52. The van der Waals surface area contributed by atoms with Gasteiger partial charge in [0.25, 0.3) is 0 Å². The van der Waals surface area contributed by atoms with Crippen LogP contribution in [0.25, 0.3) is 0 Å². The molecule has 0 aliphatic heterocycles. The van der Waals surface area contributed by atoms with Gasteiger partial charge < -0.3 is 0 Å². The highest BCUT2D eigenvalue weighted by molar-refractivity contribution is 5.04. The topological polar surface area (TPSA) is 12.9 Å². The van der Waals surface area contributed by atoms with Crippen LogP contribution in [0.5, 0.6) is 0 Å². The van der Waals surface area contributed by atoms with Crippen LogP contribution in [0.1, 0.15) is 32.4 Å². The van der Waals surface area contributed by atoms with Gasteiger partial charge in [0.05, 0.1) is 0 Å². The van der Waals surface area contributed by atoms with Crippen molar-refractivity contribution in [3.8, 4) is 0 Å². The van der Waals surface area contributed by atoms with Gasteiger partial charge in [-0.2, -0.15) is 0 Å². The van der Waals surface area contributed by atoms with Crippen LogP contribution < -0.4 is 0 Å². The van der Waals surface area contributed by atoms with Crippen molar-refractivity contribution in [3.63, 3.8) is 0 Å². The normalized spacial score (nSPS) is 10.6. The molecule has 0 aliphatic carbocycles. The summed E-state index contributed by atoms with van der Waals surface area (Å²) in [5.41, 5.74) is 1.23. The molecule has 0 N–H and O–H groups in total. The van der Waals surface area contributed by atoms with Crippen molar-refractivity contribution in [2.75, 3.05) is 0 Å². The van der Waals surface area contributed by atoms with E-state index >= 15 is 0 Å². The Bertz CT molecular complexity index is 202. The summed E-state index contributed by atoms with van der Waals surface area (Å²) < 4.78 is 0. The van der Waals surface area contributed by atoms with Gasteiger partial charge in [-0.25, -0.2) is 0 Å². The fraction of sp³-hybridized carbons (Fsp3) is 0.545. The molecule has 0 bridgehead atoms. The molecule has 0 aliphatic rings. The zero-order valence-corrected chi connectivity index (χ0v) is 7.96. The fourth-order valence-corrected chi connectivity index (χ4v) is 1.39. The smallest absolute Gasteiger partial charge is 0.0406 e. The van der Waals surface area contributed by atoms with Crippen molar-refractivity contribution in [2.24, 2.45) is 5.92 Å². The molecule has 0 saturated carbocycles. The molecule has 12 heavy (non-hydrogen) atoms. The number of pyridine rings is 1. The summed E-state index contributed by atoms with van der Waals surface area (Å²) >= 11 is 0. The zero-order valence-electron chi connectivity index (χ0n) is 7.96. The van der Waals surface area contributed by atoms with Crippen LogP contribution in [-0.2, 0) is 6.42 Å². The molecular formula is C11H17N. The first kappa shape index (κ1) is 9.24. The minimum absolute atomic E-state index is 0.805. The Hall–Kier alpha value is -0.850. The molecule has 1 rings (SSSR count). The summed E-state index contributed by atoms with van der Waals surface area (Å²) in [6, 6.07) is 6.14. The largest absolute Gasteiger partial charge is 0.261 e. The highest BCUT2D eigenvalue weighted by Crippen LogP contribution is 2.13. The second-order valence-corrected chi connectivity index (χ2v) is 3.21. The van der Waals surface area contributed by atoms with Crippen molar-refractivity contribution in [1.29, 1.82) is 0 Å². The van der Waals surface area contributed by atoms with Crippen molar-refractivity contribution in [2.45, 2.75) is 33.1 Å². The van der Waals surface area contributed by atoms with Gasteiger partial charge in [-0.05, 0) is 24.5 Å². The van der Waals surface area contributed by atoms with E-state index in [-0.39, 0.29) is 0 Å². The first-order valence-corrected chi connectivity index (χ1v) is 4.76. The van der Waals surface area contributed by atoms with E-state index in [0.717, 1.165) is 12.3 Å². The molecule has 1 heterocycles. The third-order valence-corrected chi connectivity index (χ3v) is 2.38. The summed E-state index contributed by atoms with van der Waals surface area (Å²) in [6.45, 7) is 4.49. The predicted molar refractivity (Wildman–Crippen MR) is 52.0 cm³/mol. The van der Waals surface area contributed by atoms with Crippen LogP contribution in [0.15, 0.2) is 24.4 Å². The molecular weight excluding hydrogens is 146 g/mol. The van der Waals surface area contributed by atoms with Gasteiger partial charge in [0.1, 0.15) is 0 Å². The molecule has 1 aromatic heterocycles. The van der Waals surface area contributed by atoms with Gasteiger partial charge in [0.15, 0.2) is 0 Å². The molecule has 0 amide bonds. The van der Waals surface area contributed by atoms with Gasteiger partial charge in [-0.3, -0.25) is 4.98 Å². The molecule has 0 saturated heterocycles.